The summed E-state index contributed by atoms with van der Waals surface area (Å²) in [5.41, 5.74) is 0. The lowest BCUT2D eigenvalue weighted by Gasteiger charge is -2.20. The number of rotatable bonds is 56. The Morgan fingerprint density at radius 2 is 0.701 bits per heavy atom. The Balaban J connectivity index is 3.45. The van der Waals surface area contributed by atoms with E-state index in [-0.39, 0.29) is 18.5 Å². The lowest BCUT2D eigenvalue weighted by molar-refractivity contribution is -0.143. The number of carbonyl (C=O) groups excluding carboxylic acids is 2. The molecule has 0 aromatic carbocycles. The van der Waals surface area contributed by atoms with Gasteiger partial charge in [0.1, 0.15) is 0 Å². The van der Waals surface area contributed by atoms with Crippen LogP contribution < -0.4 is 5.32 Å². The standard InChI is InChI=1S/C61H117NO5/c1-3-5-7-9-11-13-15-17-19-21-22-24-26-31-35-39-43-47-51-55-61(66)67-56-52-48-44-40-36-32-28-27-30-34-38-42-46-50-54-60(65)62-58(57-63)59(64)53-49-45-41-37-33-29-25-23-20-18-16-14-12-10-8-6-4-2/h17,19,49,53,58-59,63-64H,3-16,18,20-48,50-52,54-57H2,1-2H3,(H,62,65)/b19-17-,53-49+. The molecule has 0 saturated heterocycles. The lowest BCUT2D eigenvalue weighted by Crippen LogP contribution is -2.45. The molecule has 0 aliphatic rings. The van der Waals surface area contributed by atoms with Crippen molar-refractivity contribution in [3.8, 4) is 0 Å². The van der Waals surface area contributed by atoms with E-state index in [4.69, 9.17) is 4.74 Å². The van der Waals surface area contributed by atoms with Gasteiger partial charge >= 0.3 is 5.97 Å². The Morgan fingerprint density at radius 3 is 1.06 bits per heavy atom. The molecular weight excluding hydrogens is 827 g/mol. The molecule has 3 N–H and O–H groups in total. The van der Waals surface area contributed by atoms with E-state index in [1.165, 1.54) is 244 Å². The quantitative estimate of drug-likeness (QED) is 0.0321. The van der Waals surface area contributed by atoms with E-state index >= 15 is 0 Å². The number of carbonyl (C=O) groups is 2. The summed E-state index contributed by atoms with van der Waals surface area (Å²) in [6.45, 7) is 4.90. The molecule has 6 heteroatoms. The minimum Gasteiger partial charge on any atom is -0.466 e. The maximum absolute atomic E-state index is 12.5. The van der Waals surface area contributed by atoms with Crippen LogP contribution in [0.3, 0.4) is 0 Å². The number of nitrogens with one attached hydrogen (secondary N) is 1. The van der Waals surface area contributed by atoms with Crippen molar-refractivity contribution in [2.24, 2.45) is 0 Å². The van der Waals surface area contributed by atoms with Crippen molar-refractivity contribution in [2.75, 3.05) is 13.2 Å². The summed E-state index contributed by atoms with van der Waals surface area (Å²) in [6.07, 6.45) is 69.1. The van der Waals surface area contributed by atoms with Crippen LogP contribution in [0.1, 0.15) is 328 Å². The van der Waals surface area contributed by atoms with Crippen molar-refractivity contribution in [1.82, 2.24) is 5.32 Å². The summed E-state index contributed by atoms with van der Waals surface area (Å²) >= 11 is 0. The fraction of sp³-hybridized carbons (Fsp3) is 0.902. The van der Waals surface area contributed by atoms with Crippen LogP contribution in [-0.4, -0.2) is 47.4 Å². The van der Waals surface area contributed by atoms with Crippen molar-refractivity contribution in [3.05, 3.63) is 24.3 Å². The first-order valence-corrected chi connectivity index (χ1v) is 30.1. The van der Waals surface area contributed by atoms with Gasteiger partial charge in [0, 0.05) is 12.8 Å². The summed E-state index contributed by atoms with van der Waals surface area (Å²) in [5, 5.41) is 23.1. The van der Waals surface area contributed by atoms with Crippen molar-refractivity contribution >= 4 is 11.9 Å². The van der Waals surface area contributed by atoms with Crippen molar-refractivity contribution in [3.63, 3.8) is 0 Å². The number of hydrogen-bond donors (Lipinski definition) is 3. The molecule has 67 heavy (non-hydrogen) atoms. The fourth-order valence-electron chi connectivity index (χ4n) is 9.34. The molecule has 2 unspecified atom stereocenters. The average molecular weight is 945 g/mol. The second-order valence-electron chi connectivity index (χ2n) is 20.7. The predicted molar refractivity (Wildman–Crippen MR) is 292 cm³/mol. The van der Waals surface area contributed by atoms with E-state index < -0.39 is 12.1 Å². The first kappa shape index (κ1) is 65.3. The van der Waals surface area contributed by atoms with E-state index in [2.05, 4.69) is 31.3 Å². The largest absolute Gasteiger partial charge is 0.466 e. The molecule has 2 atom stereocenters. The third-order valence-corrected chi connectivity index (χ3v) is 14.0. The first-order valence-electron chi connectivity index (χ1n) is 30.1. The zero-order chi connectivity index (χ0) is 48.6. The van der Waals surface area contributed by atoms with E-state index in [9.17, 15) is 19.8 Å². The number of aliphatic hydroxyl groups excluding tert-OH is 2. The summed E-state index contributed by atoms with van der Waals surface area (Å²) in [6, 6.07) is -0.636. The highest BCUT2D eigenvalue weighted by molar-refractivity contribution is 5.76. The van der Waals surface area contributed by atoms with Gasteiger partial charge in [0.05, 0.1) is 25.4 Å². The van der Waals surface area contributed by atoms with Gasteiger partial charge in [-0.2, -0.15) is 0 Å². The molecule has 0 aromatic heterocycles. The number of ether oxygens (including phenoxy) is 1. The third kappa shape index (κ3) is 53.5. The van der Waals surface area contributed by atoms with Gasteiger partial charge in [-0.3, -0.25) is 9.59 Å². The van der Waals surface area contributed by atoms with Crippen molar-refractivity contribution in [1.29, 1.82) is 0 Å². The van der Waals surface area contributed by atoms with Crippen LogP contribution >= 0.6 is 0 Å². The SMILES string of the molecule is CCCCCCCC/C=C\CCCCCCCCCCCC(=O)OCCCCCCCCCCCCCCCCC(=O)NC(CO)C(O)/C=C/CCCCCCCCCCCCCCCCC. The first-order chi connectivity index (χ1) is 33.0. The second-order valence-corrected chi connectivity index (χ2v) is 20.7. The normalized spacial score (nSPS) is 12.7. The Hall–Kier alpha value is -1.66. The molecule has 1 amide bonds. The summed E-state index contributed by atoms with van der Waals surface area (Å²) in [4.78, 5) is 24.6. The Bertz CT molecular complexity index is 1040. The van der Waals surface area contributed by atoms with E-state index in [1.54, 1.807) is 6.08 Å². The maximum atomic E-state index is 12.5. The number of unbranched alkanes of at least 4 members (excludes halogenated alkanes) is 43. The Morgan fingerprint density at radius 1 is 0.403 bits per heavy atom. The van der Waals surface area contributed by atoms with Crippen LogP contribution in [0.2, 0.25) is 0 Å². The third-order valence-electron chi connectivity index (χ3n) is 14.0. The molecule has 0 rings (SSSR count). The highest BCUT2D eigenvalue weighted by Crippen LogP contribution is 2.17. The Kier molecular flexibility index (Phi) is 55.5. The maximum Gasteiger partial charge on any atom is 0.305 e. The topological polar surface area (TPSA) is 95.9 Å². The predicted octanol–water partition coefficient (Wildman–Crippen LogP) is 18.6. The lowest BCUT2D eigenvalue weighted by atomic mass is 10.0. The summed E-state index contributed by atoms with van der Waals surface area (Å²) in [7, 11) is 0. The van der Waals surface area contributed by atoms with Crippen LogP contribution in [0, 0.1) is 0 Å². The minimum atomic E-state index is -0.852. The highest BCUT2D eigenvalue weighted by atomic mass is 16.5. The van der Waals surface area contributed by atoms with Crippen molar-refractivity contribution < 1.29 is 24.5 Å². The van der Waals surface area contributed by atoms with Gasteiger partial charge in [-0.1, -0.05) is 282 Å². The molecule has 0 aliphatic carbocycles. The molecule has 0 radical (unpaired) electrons. The average Bonchev–Trinajstić information content (AvgIpc) is 3.33. The van der Waals surface area contributed by atoms with Crippen LogP contribution in [0.5, 0.6) is 0 Å². The summed E-state index contributed by atoms with van der Waals surface area (Å²) in [5.74, 6) is -0.0797. The number of amides is 1. The van der Waals surface area contributed by atoms with Crippen LogP contribution in [0.25, 0.3) is 0 Å². The number of esters is 1. The van der Waals surface area contributed by atoms with Gasteiger partial charge in [-0.15, -0.1) is 0 Å². The molecule has 0 aliphatic heterocycles. The smallest absolute Gasteiger partial charge is 0.305 e. The zero-order valence-corrected chi connectivity index (χ0v) is 45.1. The highest BCUT2D eigenvalue weighted by Gasteiger charge is 2.18. The molecule has 396 valence electrons. The molecule has 6 nitrogen and oxygen atoms in total. The summed E-state index contributed by atoms with van der Waals surface area (Å²) < 4.78 is 5.49. The van der Waals surface area contributed by atoms with E-state index in [1.807, 2.05) is 6.08 Å². The molecule has 0 spiro atoms. The van der Waals surface area contributed by atoms with Crippen LogP contribution in [-0.2, 0) is 14.3 Å². The monoisotopic (exact) mass is 944 g/mol. The Labute approximate surface area is 418 Å². The van der Waals surface area contributed by atoms with Gasteiger partial charge in [0.25, 0.3) is 0 Å². The zero-order valence-electron chi connectivity index (χ0n) is 45.1. The molecule has 0 heterocycles. The molecule has 0 saturated carbocycles. The minimum absolute atomic E-state index is 0.00338. The molecule has 0 bridgehead atoms. The second kappa shape index (κ2) is 56.9. The van der Waals surface area contributed by atoms with Crippen molar-refractivity contribution in [2.45, 2.75) is 341 Å². The van der Waals surface area contributed by atoms with Gasteiger partial charge in [-0.25, -0.2) is 0 Å². The van der Waals surface area contributed by atoms with E-state index in [0.717, 1.165) is 57.8 Å². The number of aliphatic hydroxyl groups is 2. The number of allylic oxidation sites excluding steroid dienone is 3. The van der Waals surface area contributed by atoms with E-state index in [0.29, 0.717) is 19.4 Å². The van der Waals surface area contributed by atoms with Crippen LogP contribution in [0.15, 0.2) is 24.3 Å². The van der Waals surface area contributed by atoms with Gasteiger partial charge in [0.2, 0.25) is 5.91 Å². The van der Waals surface area contributed by atoms with Gasteiger partial charge in [-0.05, 0) is 57.8 Å². The molecular formula is C61H117NO5. The molecule has 0 aromatic rings. The van der Waals surface area contributed by atoms with Gasteiger partial charge in [0.15, 0.2) is 0 Å². The van der Waals surface area contributed by atoms with Crippen LogP contribution in [0.4, 0.5) is 0 Å². The van der Waals surface area contributed by atoms with Gasteiger partial charge < -0.3 is 20.3 Å². The number of hydrogen-bond acceptors (Lipinski definition) is 5. The fourth-order valence-corrected chi connectivity index (χ4v) is 9.34. The molecule has 0 fully saturated rings.